The molecule has 0 aliphatic carbocycles. The van der Waals surface area contributed by atoms with Crippen LogP contribution >= 0.6 is 11.3 Å². The van der Waals surface area contributed by atoms with E-state index < -0.39 is 0 Å². The zero-order chi connectivity index (χ0) is 15.7. The summed E-state index contributed by atoms with van der Waals surface area (Å²) in [6, 6.07) is -0.0741. The van der Waals surface area contributed by atoms with E-state index in [1.165, 1.54) is 17.5 Å². The van der Waals surface area contributed by atoms with E-state index in [9.17, 15) is 9.59 Å². The number of amides is 2. The Morgan fingerprint density at radius 3 is 2.86 bits per heavy atom. The van der Waals surface area contributed by atoms with E-state index in [4.69, 9.17) is 4.52 Å². The number of hydrogen-bond donors (Lipinski definition) is 1. The molecule has 1 fully saturated rings. The van der Waals surface area contributed by atoms with E-state index >= 15 is 0 Å². The molecule has 1 atom stereocenters. The first kappa shape index (κ1) is 14.7. The molecule has 0 aromatic carbocycles. The quantitative estimate of drug-likeness (QED) is 0.923. The van der Waals surface area contributed by atoms with E-state index in [0.29, 0.717) is 23.5 Å². The highest BCUT2D eigenvalue weighted by Gasteiger charge is 2.30. The predicted molar refractivity (Wildman–Crippen MR) is 79.9 cm³/mol. The molecule has 22 heavy (non-hydrogen) atoms. The van der Waals surface area contributed by atoms with E-state index in [0.717, 1.165) is 11.4 Å². The van der Waals surface area contributed by atoms with Crippen molar-refractivity contribution in [1.29, 1.82) is 0 Å². The number of aryl methyl sites for hydroxylation is 2. The van der Waals surface area contributed by atoms with Crippen molar-refractivity contribution in [1.82, 2.24) is 20.4 Å². The van der Waals surface area contributed by atoms with Crippen LogP contribution in [0.3, 0.4) is 0 Å². The summed E-state index contributed by atoms with van der Waals surface area (Å²) in [5.41, 5.74) is 0.698. The maximum absolute atomic E-state index is 12.3. The fourth-order valence-electron chi connectivity index (χ4n) is 2.44. The highest BCUT2D eigenvalue weighted by molar-refractivity contribution is 7.13. The Balaban J connectivity index is 1.59. The molecule has 0 saturated carbocycles. The van der Waals surface area contributed by atoms with Crippen molar-refractivity contribution >= 4 is 23.2 Å². The second kappa shape index (κ2) is 5.88. The molecule has 8 heteroatoms. The zero-order valence-electron chi connectivity index (χ0n) is 12.3. The summed E-state index contributed by atoms with van der Waals surface area (Å²) in [7, 11) is 0. The summed E-state index contributed by atoms with van der Waals surface area (Å²) >= 11 is 1.38. The molecular formula is C14H16N4O3S. The molecule has 1 aliphatic heterocycles. The first-order valence-corrected chi connectivity index (χ1v) is 7.80. The van der Waals surface area contributed by atoms with Crippen LogP contribution in [0.5, 0.6) is 0 Å². The third kappa shape index (κ3) is 2.87. The zero-order valence-corrected chi connectivity index (χ0v) is 13.1. The normalized spacial score (nSPS) is 17.7. The minimum absolute atomic E-state index is 0.0294. The van der Waals surface area contributed by atoms with Gasteiger partial charge in [-0.1, -0.05) is 5.16 Å². The number of nitrogens with one attached hydrogen (secondary N) is 1. The molecule has 7 nitrogen and oxygen atoms in total. The van der Waals surface area contributed by atoms with E-state index in [-0.39, 0.29) is 23.6 Å². The summed E-state index contributed by atoms with van der Waals surface area (Å²) in [5, 5.41) is 7.35. The molecule has 3 heterocycles. The lowest BCUT2D eigenvalue weighted by Gasteiger charge is -2.15. The average Bonchev–Trinajstić information content (AvgIpc) is 3.19. The van der Waals surface area contributed by atoms with Crippen molar-refractivity contribution in [2.24, 2.45) is 0 Å². The standard InChI is InChI=1S/C14H16N4O3S/c1-8-5-16-21-12(8)13(19)17-10-3-4-18(7-10)14(20)11-6-15-9(2)22-11/h5-6,10H,3-4,7H2,1-2H3,(H,17,19)/t10-/m0/s1. The molecule has 0 bridgehead atoms. The lowest BCUT2D eigenvalue weighted by molar-refractivity contribution is 0.0785. The van der Waals surface area contributed by atoms with Gasteiger partial charge in [0.05, 0.1) is 17.4 Å². The molecule has 1 saturated heterocycles. The lowest BCUT2D eigenvalue weighted by Crippen LogP contribution is -2.38. The Kier molecular flexibility index (Phi) is 3.93. The highest BCUT2D eigenvalue weighted by Crippen LogP contribution is 2.18. The maximum Gasteiger partial charge on any atom is 0.290 e. The Morgan fingerprint density at radius 1 is 1.41 bits per heavy atom. The first-order valence-electron chi connectivity index (χ1n) is 6.98. The molecule has 0 unspecified atom stereocenters. The number of aromatic nitrogens is 2. The van der Waals surface area contributed by atoms with Crippen molar-refractivity contribution in [3.63, 3.8) is 0 Å². The van der Waals surface area contributed by atoms with Crippen LogP contribution in [0.1, 0.15) is 37.2 Å². The molecular weight excluding hydrogens is 304 g/mol. The maximum atomic E-state index is 12.3. The Hall–Kier alpha value is -2.22. The fourth-order valence-corrected chi connectivity index (χ4v) is 3.18. The minimum atomic E-state index is -0.289. The monoisotopic (exact) mass is 320 g/mol. The molecule has 2 aromatic heterocycles. The van der Waals surface area contributed by atoms with Gasteiger partial charge in [-0.2, -0.15) is 0 Å². The van der Waals surface area contributed by atoms with Gasteiger partial charge in [0.15, 0.2) is 0 Å². The van der Waals surface area contributed by atoms with Gasteiger partial charge in [0, 0.05) is 24.7 Å². The van der Waals surface area contributed by atoms with E-state index in [1.54, 1.807) is 18.0 Å². The van der Waals surface area contributed by atoms with Crippen molar-refractivity contribution < 1.29 is 14.1 Å². The molecule has 0 spiro atoms. The van der Waals surface area contributed by atoms with E-state index in [2.05, 4.69) is 15.5 Å². The van der Waals surface area contributed by atoms with Crippen LogP contribution in [0.4, 0.5) is 0 Å². The topological polar surface area (TPSA) is 88.3 Å². The third-order valence-corrected chi connectivity index (χ3v) is 4.50. The van der Waals surface area contributed by atoms with Crippen LogP contribution in [0.2, 0.25) is 0 Å². The summed E-state index contributed by atoms with van der Waals surface area (Å²) in [6.07, 6.45) is 3.83. The number of nitrogens with zero attached hydrogens (tertiary/aromatic N) is 3. The largest absolute Gasteiger partial charge is 0.351 e. The lowest BCUT2D eigenvalue weighted by atomic mass is 10.2. The SMILES string of the molecule is Cc1ncc(C(=O)N2CC[C@H](NC(=O)c3oncc3C)C2)s1. The Bertz CT molecular complexity index is 709. The number of hydrogen-bond acceptors (Lipinski definition) is 6. The van der Waals surface area contributed by atoms with Gasteiger partial charge >= 0.3 is 0 Å². The summed E-state index contributed by atoms with van der Waals surface area (Å²) in [5.74, 6) is -0.0935. The van der Waals surface area contributed by atoms with Gasteiger partial charge in [-0.25, -0.2) is 4.98 Å². The van der Waals surface area contributed by atoms with Gasteiger partial charge in [-0.15, -0.1) is 11.3 Å². The summed E-state index contributed by atoms with van der Waals surface area (Å²) in [6.45, 7) is 4.75. The molecule has 2 aromatic rings. The van der Waals surface area contributed by atoms with Gasteiger partial charge in [-0.3, -0.25) is 9.59 Å². The van der Waals surface area contributed by atoms with Gasteiger partial charge in [0.2, 0.25) is 5.76 Å². The highest BCUT2D eigenvalue weighted by atomic mass is 32.1. The predicted octanol–water partition coefficient (Wildman–Crippen LogP) is 1.39. The molecule has 1 aliphatic rings. The van der Waals surface area contributed by atoms with Crippen LogP contribution in [0, 0.1) is 13.8 Å². The number of likely N-dealkylation sites (tertiary alicyclic amines) is 1. The molecule has 3 rings (SSSR count). The first-order chi connectivity index (χ1) is 10.5. The molecule has 0 radical (unpaired) electrons. The smallest absolute Gasteiger partial charge is 0.290 e. The second-order valence-electron chi connectivity index (χ2n) is 5.29. The van der Waals surface area contributed by atoms with Gasteiger partial charge in [0.1, 0.15) is 4.88 Å². The number of carbonyl (C=O) groups excluding carboxylic acids is 2. The number of rotatable bonds is 3. The third-order valence-electron chi connectivity index (χ3n) is 3.60. The number of thiazole rings is 1. The molecule has 116 valence electrons. The van der Waals surface area contributed by atoms with Crippen LogP contribution in [0.15, 0.2) is 16.9 Å². The van der Waals surface area contributed by atoms with E-state index in [1.807, 2.05) is 6.92 Å². The minimum Gasteiger partial charge on any atom is -0.351 e. The van der Waals surface area contributed by atoms with Crippen LogP contribution in [-0.2, 0) is 0 Å². The summed E-state index contributed by atoms with van der Waals surface area (Å²) in [4.78, 5) is 30.9. The van der Waals surface area contributed by atoms with Crippen molar-refractivity contribution in [2.45, 2.75) is 26.3 Å². The second-order valence-corrected chi connectivity index (χ2v) is 6.53. The summed E-state index contributed by atoms with van der Waals surface area (Å²) < 4.78 is 4.93. The number of carbonyl (C=O) groups is 2. The Morgan fingerprint density at radius 2 is 2.23 bits per heavy atom. The van der Waals surface area contributed by atoms with Gasteiger partial charge in [0.25, 0.3) is 11.8 Å². The average molecular weight is 320 g/mol. The van der Waals surface area contributed by atoms with Crippen LogP contribution in [0.25, 0.3) is 0 Å². The van der Waals surface area contributed by atoms with Crippen LogP contribution in [-0.4, -0.2) is 46.0 Å². The Labute approximate surface area is 131 Å². The fraction of sp³-hybridized carbons (Fsp3) is 0.429. The van der Waals surface area contributed by atoms with Crippen molar-refractivity contribution in [2.75, 3.05) is 13.1 Å². The van der Waals surface area contributed by atoms with Crippen LogP contribution < -0.4 is 5.32 Å². The molecule has 2 amide bonds. The molecule has 1 N–H and O–H groups in total. The van der Waals surface area contributed by atoms with Crippen molar-refractivity contribution in [3.8, 4) is 0 Å². The van der Waals surface area contributed by atoms with Crippen molar-refractivity contribution in [3.05, 3.63) is 33.6 Å². The van der Waals surface area contributed by atoms with Gasteiger partial charge < -0.3 is 14.7 Å². The van der Waals surface area contributed by atoms with Gasteiger partial charge in [-0.05, 0) is 20.3 Å².